The lowest BCUT2D eigenvalue weighted by Crippen LogP contribution is -2.41. The van der Waals surface area contributed by atoms with E-state index in [4.69, 9.17) is 9.47 Å². The fourth-order valence-electron chi connectivity index (χ4n) is 3.79. The predicted molar refractivity (Wildman–Crippen MR) is 119 cm³/mol. The highest BCUT2D eigenvalue weighted by atomic mass is 32.2. The maximum absolute atomic E-state index is 13.1. The number of hydrogen-bond donors (Lipinski definition) is 1. The van der Waals surface area contributed by atoms with E-state index in [-0.39, 0.29) is 18.9 Å². The van der Waals surface area contributed by atoms with Gasteiger partial charge < -0.3 is 19.7 Å². The minimum atomic E-state index is -3.54. The number of rotatable bonds is 4. The first-order valence-electron chi connectivity index (χ1n) is 10.3. The van der Waals surface area contributed by atoms with Gasteiger partial charge in [0.1, 0.15) is 5.75 Å². The highest BCUT2D eigenvalue weighted by Gasteiger charge is 2.31. The molecule has 2 aromatic rings. The molecule has 2 aliphatic heterocycles. The van der Waals surface area contributed by atoms with Gasteiger partial charge in [-0.1, -0.05) is 24.3 Å². The second-order valence-corrected chi connectivity index (χ2v) is 9.54. The van der Waals surface area contributed by atoms with Crippen molar-refractivity contribution in [1.82, 2.24) is 4.90 Å². The predicted octanol–water partition coefficient (Wildman–Crippen LogP) is 1.71. The summed E-state index contributed by atoms with van der Waals surface area (Å²) >= 11 is 0. The lowest BCUT2D eigenvalue weighted by molar-refractivity contribution is -0.122. The van der Waals surface area contributed by atoms with Crippen LogP contribution in [-0.4, -0.2) is 70.3 Å². The first-order valence-corrected chi connectivity index (χ1v) is 12.2. The van der Waals surface area contributed by atoms with Crippen molar-refractivity contribution in [3.8, 4) is 5.75 Å². The van der Waals surface area contributed by atoms with Crippen LogP contribution >= 0.6 is 0 Å². The van der Waals surface area contributed by atoms with Gasteiger partial charge in [0.2, 0.25) is 10.0 Å². The van der Waals surface area contributed by atoms with Crippen molar-refractivity contribution in [3.63, 3.8) is 0 Å². The van der Waals surface area contributed by atoms with E-state index in [0.29, 0.717) is 49.0 Å². The summed E-state index contributed by atoms with van der Waals surface area (Å²) < 4.78 is 37.0. The monoisotopic (exact) mass is 459 g/mol. The Morgan fingerprint density at radius 1 is 1.00 bits per heavy atom. The van der Waals surface area contributed by atoms with E-state index >= 15 is 0 Å². The van der Waals surface area contributed by atoms with Crippen molar-refractivity contribution in [2.75, 3.05) is 48.7 Å². The van der Waals surface area contributed by atoms with Crippen LogP contribution in [0.15, 0.2) is 48.5 Å². The smallest absolute Gasteiger partial charge is 0.265 e. The molecule has 4 rings (SSSR count). The van der Waals surface area contributed by atoms with Gasteiger partial charge in [0, 0.05) is 26.1 Å². The maximum atomic E-state index is 13.1. The molecule has 2 amide bonds. The first-order chi connectivity index (χ1) is 15.3. The Hall–Kier alpha value is -3.11. The van der Waals surface area contributed by atoms with Crippen LogP contribution in [0.1, 0.15) is 16.8 Å². The van der Waals surface area contributed by atoms with Gasteiger partial charge in [-0.15, -0.1) is 0 Å². The summed E-state index contributed by atoms with van der Waals surface area (Å²) in [4.78, 5) is 27.7. The van der Waals surface area contributed by atoms with Crippen molar-refractivity contribution in [1.29, 1.82) is 0 Å². The maximum Gasteiger partial charge on any atom is 0.265 e. The van der Waals surface area contributed by atoms with Crippen molar-refractivity contribution < 1.29 is 27.5 Å². The summed E-state index contributed by atoms with van der Waals surface area (Å²) in [5.41, 5.74) is 1.16. The van der Waals surface area contributed by atoms with Gasteiger partial charge in [0.05, 0.1) is 36.4 Å². The summed E-state index contributed by atoms with van der Waals surface area (Å²) in [6.45, 7) is 2.04. The average Bonchev–Trinajstić information content (AvgIpc) is 2.99. The highest BCUT2D eigenvalue weighted by molar-refractivity contribution is 7.92. The van der Waals surface area contributed by atoms with E-state index in [1.165, 1.54) is 4.31 Å². The number of morpholine rings is 1. The van der Waals surface area contributed by atoms with E-state index in [9.17, 15) is 18.0 Å². The number of carbonyl (C=O) groups excluding carboxylic acids is 2. The number of para-hydroxylation sites is 3. The molecule has 2 aromatic carbocycles. The van der Waals surface area contributed by atoms with Crippen LogP contribution in [0.5, 0.6) is 5.75 Å². The molecule has 10 heteroatoms. The van der Waals surface area contributed by atoms with Crippen LogP contribution in [0.3, 0.4) is 0 Å². The number of hydrogen-bond acceptors (Lipinski definition) is 6. The summed E-state index contributed by atoms with van der Waals surface area (Å²) in [6.07, 6.45) is 0.361. The minimum Gasteiger partial charge on any atom is -0.478 e. The number of anilines is 2. The first kappa shape index (κ1) is 22.1. The van der Waals surface area contributed by atoms with Gasteiger partial charge >= 0.3 is 0 Å². The van der Waals surface area contributed by atoms with Crippen LogP contribution < -0.4 is 14.4 Å². The Balaban J connectivity index is 1.55. The van der Waals surface area contributed by atoms with Gasteiger partial charge in [-0.2, -0.15) is 0 Å². The van der Waals surface area contributed by atoms with Crippen LogP contribution in [0.25, 0.3) is 0 Å². The number of nitrogens with zero attached hydrogens (tertiary/aromatic N) is 2. The van der Waals surface area contributed by atoms with Crippen LogP contribution in [0.2, 0.25) is 0 Å². The Bertz CT molecular complexity index is 1110. The van der Waals surface area contributed by atoms with Gasteiger partial charge in [-0.3, -0.25) is 13.9 Å². The third kappa shape index (κ3) is 4.71. The molecule has 0 unspecified atom stereocenters. The topological polar surface area (TPSA) is 105 Å². The lowest BCUT2D eigenvalue weighted by Gasteiger charge is -2.27. The molecule has 0 aliphatic carbocycles. The minimum absolute atomic E-state index is 0.0995. The van der Waals surface area contributed by atoms with E-state index in [0.717, 1.165) is 6.26 Å². The molecule has 2 heterocycles. The van der Waals surface area contributed by atoms with Crippen molar-refractivity contribution in [2.24, 2.45) is 0 Å². The number of amides is 2. The molecule has 0 bridgehead atoms. The second kappa shape index (κ2) is 9.17. The molecule has 1 atom stereocenters. The number of sulfonamides is 1. The molecule has 1 saturated heterocycles. The fourth-order valence-corrected chi connectivity index (χ4v) is 4.73. The molecule has 9 nitrogen and oxygen atoms in total. The van der Waals surface area contributed by atoms with E-state index in [1.807, 2.05) is 0 Å². The quantitative estimate of drug-likeness (QED) is 0.746. The molecule has 0 aromatic heterocycles. The van der Waals surface area contributed by atoms with Crippen LogP contribution in [-0.2, 0) is 19.6 Å². The van der Waals surface area contributed by atoms with Crippen LogP contribution in [0, 0.1) is 0 Å². The zero-order valence-electron chi connectivity index (χ0n) is 17.7. The zero-order valence-corrected chi connectivity index (χ0v) is 18.5. The molecule has 32 heavy (non-hydrogen) atoms. The molecule has 2 aliphatic rings. The van der Waals surface area contributed by atoms with E-state index in [1.54, 1.807) is 53.4 Å². The van der Waals surface area contributed by atoms with Gasteiger partial charge in [-0.05, 0) is 24.3 Å². The largest absolute Gasteiger partial charge is 0.478 e. The van der Waals surface area contributed by atoms with E-state index < -0.39 is 22.0 Å². The molecule has 1 N–H and O–H groups in total. The SMILES string of the molecule is CS(=O)(=O)N1CC[C@H](C(=O)Nc2ccccc2C(=O)N2CCOCC2)Oc2ccccc21. The standard InChI is InChI=1S/C22H25N3O6S/c1-32(28,29)25-11-10-20(31-19-9-5-4-8-18(19)25)21(26)23-17-7-3-2-6-16(17)22(27)24-12-14-30-15-13-24/h2-9,20H,10-15H2,1H3,(H,23,26)/t20-/m1/s1. The van der Waals surface area contributed by atoms with Gasteiger partial charge in [0.25, 0.3) is 11.8 Å². The Morgan fingerprint density at radius 3 is 2.44 bits per heavy atom. The Morgan fingerprint density at radius 2 is 1.69 bits per heavy atom. The number of ether oxygens (including phenoxy) is 2. The third-order valence-electron chi connectivity index (χ3n) is 5.40. The van der Waals surface area contributed by atoms with Gasteiger partial charge in [0.15, 0.2) is 6.10 Å². The van der Waals surface area contributed by atoms with Gasteiger partial charge in [-0.25, -0.2) is 8.42 Å². The average molecular weight is 460 g/mol. The summed E-state index contributed by atoms with van der Waals surface area (Å²) in [7, 11) is -3.54. The van der Waals surface area contributed by atoms with E-state index in [2.05, 4.69) is 5.32 Å². The molecule has 170 valence electrons. The van der Waals surface area contributed by atoms with Crippen molar-refractivity contribution >= 4 is 33.2 Å². The number of carbonyl (C=O) groups is 2. The molecular weight excluding hydrogens is 434 g/mol. The number of benzene rings is 2. The molecule has 0 radical (unpaired) electrons. The molecule has 1 fully saturated rings. The van der Waals surface area contributed by atoms with Crippen molar-refractivity contribution in [2.45, 2.75) is 12.5 Å². The summed E-state index contributed by atoms with van der Waals surface area (Å²) in [5.74, 6) is -0.315. The molecule has 0 saturated carbocycles. The number of nitrogens with one attached hydrogen (secondary N) is 1. The highest BCUT2D eigenvalue weighted by Crippen LogP contribution is 2.34. The van der Waals surface area contributed by atoms with Crippen LogP contribution in [0.4, 0.5) is 11.4 Å². The molecular formula is C22H25N3O6S. The fraction of sp³-hybridized carbons (Fsp3) is 0.364. The zero-order chi connectivity index (χ0) is 22.7. The third-order valence-corrected chi connectivity index (χ3v) is 6.58. The summed E-state index contributed by atoms with van der Waals surface area (Å²) in [6, 6.07) is 13.5. The molecule has 0 spiro atoms. The van der Waals surface area contributed by atoms with Crippen molar-refractivity contribution in [3.05, 3.63) is 54.1 Å². The second-order valence-electron chi connectivity index (χ2n) is 7.64. The Labute approximate surface area is 187 Å². The normalized spacial score (nSPS) is 18.8. The Kier molecular flexibility index (Phi) is 6.33. The number of fused-ring (bicyclic) bond motifs is 1. The lowest BCUT2D eigenvalue weighted by atomic mass is 10.1. The summed E-state index contributed by atoms with van der Waals surface area (Å²) in [5, 5.41) is 2.80.